The highest BCUT2D eigenvalue weighted by molar-refractivity contribution is 5.43. The summed E-state index contributed by atoms with van der Waals surface area (Å²) >= 11 is 0. The Morgan fingerprint density at radius 2 is 1.92 bits per heavy atom. The second kappa shape index (κ2) is 8.58. The van der Waals surface area contributed by atoms with Crippen molar-refractivity contribution in [2.24, 2.45) is 0 Å². The van der Waals surface area contributed by atoms with Crippen LogP contribution in [0.15, 0.2) is 28.8 Å². The fourth-order valence-electron chi connectivity index (χ4n) is 3.51. The van der Waals surface area contributed by atoms with Crippen LogP contribution in [0.3, 0.4) is 0 Å². The monoisotopic (exact) mass is 358 g/mol. The van der Waals surface area contributed by atoms with Gasteiger partial charge in [0, 0.05) is 18.5 Å². The van der Waals surface area contributed by atoms with Crippen molar-refractivity contribution in [2.75, 3.05) is 19.8 Å². The van der Waals surface area contributed by atoms with Crippen molar-refractivity contribution >= 4 is 0 Å². The molecule has 5 heteroatoms. The number of likely N-dealkylation sites (tertiary alicyclic amines) is 1. The lowest BCUT2D eigenvalue weighted by Crippen LogP contribution is -2.23. The van der Waals surface area contributed by atoms with Gasteiger partial charge in [0.15, 0.2) is 11.5 Å². The van der Waals surface area contributed by atoms with E-state index >= 15 is 0 Å². The number of benzene rings is 1. The van der Waals surface area contributed by atoms with E-state index in [0.29, 0.717) is 25.2 Å². The summed E-state index contributed by atoms with van der Waals surface area (Å²) in [5.41, 5.74) is 2.29. The first-order valence-electron chi connectivity index (χ1n) is 9.71. The maximum Gasteiger partial charge on any atom is 0.161 e. The van der Waals surface area contributed by atoms with Gasteiger partial charge in [-0.3, -0.25) is 4.90 Å². The van der Waals surface area contributed by atoms with Gasteiger partial charge in [-0.25, -0.2) is 0 Å². The maximum absolute atomic E-state index is 5.76. The number of rotatable bonds is 8. The SMILES string of the molecule is CCOc1ccc(CN2CCC[C@H]2c2cc(C(C)C)on2)cc1OCC. The summed E-state index contributed by atoms with van der Waals surface area (Å²) in [6.45, 7) is 11.5. The summed E-state index contributed by atoms with van der Waals surface area (Å²) in [4.78, 5) is 2.48. The third-order valence-corrected chi connectivity index (χ3v) is 4.81. The summed E-state index contributed by atoms with van der Waals surface area (Å²) in [7, 11) is 0. The van der Waals surface area contributed by atoms with Gasteiger partial charge in [-0.1, -0.05) is 25.1 Å². The summed E-state index contributed by atoms with van der Waals surface area (Å²) in [6, 6.07) is 8.70. The van der Waals surface area contributed by atoms with Crippen LogP contribution in [0.1, 0.15) is 69.5 Å². The van der Waals surface area contributed by atoms with E-state index in [2.05, 4.69) is 42.1 Å². The van der Waals surface area contributed by atoms with Crippen LogP contribution >= 0.6 is 0 Å². The molecule has 0 radical (unpaired) electrons. The van der Waals surface area contributed by atoms with Gasteiger partial charge in [0.2, 0.25) is 0 Å². The molecule has 1 saturated heterocycles. The summed E-state index contributed by atoms with van der Waals surface area (Å²) in [6.07, 6.45) is 2.31. The van der Waals surface area contributed by atoms with E-state index in [-0.39, 0.29) is 0 Å². The molecule has 0 unspecified atom stereocenters. The second-order valence-corrected chi connectivity index (χ2v) is 7.08. The molecule has 2 heterocycles. The Kier molecular flexibility index (Phi) is 6.20. The molecule has 5 nitrogen and oxygen atoms in total. The first-order valence-corrected chi connectivity index (χ1v) is 9.71. The van der Waals surface area contributed by atoms with Crippen molar-refractivity contribution in [3.63, 3.8) is 0 Å². The molecule has 0 N–H and O–H groups in total. The fraction of sp³-hybridized carbons (Fsp3) is 0.571. The molecule has 1 atom stereocenters. The Hall–Kier alpha value is -2.01. The van der Waals surface area contributed by atoms with E-state index in [0.717, 1.165) is 42.5 Å². The zero-order chi connectivity index (χ0) is 18.5. The Balaban J connectivity index is 1.75. The van der Waals surface area contributed by atoms with Crippen molar-refractivity contribution in [3.8, 4) is 11.5 Å². The number of hydrogen-bond donors (Lipinski definition) is 0. The highest BCUT2D eigenvalue weighted by Gasteiger charge is 2.29. The van der Waals surface area contributed by atoms with Gasteiger partial charge >= 0.3 is 0 Å². The Labute approximate surface area is 156 Å². The van der Waals surface area contributed by atoms with Gasteiger partial charge in [0.1, 0.15) is 11.5 Å². The molecule has 1 aliphatic rings. The lowest BCUT2D eigenvalue weighted by atomic mass is 10.1. The van der Waals surface area contributed by atoms with E-state index in [4.69, 9.17) is 14.0 Å². The molecular weight excluding hydrogens is 328 g/mol. The molecule has 0 aliphatic carbocycles. The van der Waals surface area contributed by atoms with Crippen LogP contribution in [0.5, 0.6) is 11.5 Å². The third kappa shape index (κ3) is 4.21. The van der Waals surface area contributed by atoms with Crippen LogP contribution in [-0.4, -0.2) is 29.8 Å². The highest BCUT2D eigenvalue weighted by atomic mass is 16.5. The summed E-state index contributed by atoms with van der Waals surface area (Å²) < 4.78 is 17.0. The van der Waals surface area contributed by atoms with Crippen molar-refractivity contribution in [2.45, 2.75) is 59.0 Å². The fourth-order valence-corrected chi connectivity index (χ4v) is 3.51. The topological polar surface area (TPSA) is 47.7 Å². The van der Waals surface area contributed by atoms with Crippen molar-refractivity contribution in [1.29, 1.82) is 0 Å². The van der Waals surface area contributed by atoms with Crippen LogP contribution in [0.2, 0.25) is 0 Å². The minimum absolute atomic E-state index is 0.327. The standard InChI is InChI=1S/C21H30N2O3/c1-5-24-19-10-9-16(12-21(19)25-6-2)14-23-11-7-8-18(23)17-13-20(15(3)4)26-22-17/h9-10,12-13,15,18H,5-8,11,14H2,1-4H3/t18-/m0/s1. The van der Waals surface area contributed by atoms with Crippen molar-refractivity contribution in [1.82, 2.24) is 10.1 Å². The quantitative estimate of drug-likeness (QED) is 0.669. The predicted octanol–water partition coefficient (Wildman–Crippen LogP) is 4.93. The van der Waals surface area contributed by atoms with Crippen molar-refractivity contribution < 1.29 is 14.0 Å². The Morgan fingerprint density at radius 3 is 2.62 bits per heavy atom. The molecule has 3 rings (SSSR count). The molecule has 1 fully saturated rings. The first kappa shape index (κ1) is 18.8. The van der Waals surface area contributed by atoms with Gasteiger partial charge in [-0.2, -0.15) is 0 Å². The molecule has 0 amide bonds. The third-order valence-electron chi connectivity index (χ3n) is 4.81. The normalized spacial score (nSPS) is 17.8. The van der Waals surface area contributed by atoms with Gasteiger partial charge in [0.25, 0.3) is 0 Å². The first-order chi connectivity index (χ1) is 12.6. The van der Waals surface area contributed by atoms with Gasteiger partial charge in [0.05, 0.1) is 19.3 Å². The summed E-state index contributed by atoms with van der Waals surface area (Å²) in [5, 5.41) is 4.34. The van der Waals surface area contributed by atoms with Crippen LogP contribution < -0.4 is 9.47 Å². The van der Waals surface area contributed by atoms with Crippen LogP contribution in [0.25, 0.3) is 0 Å². The van der Waals surface area contributed by atoms with Crippen LogP contribution in [0.4, 0.5) is 0 Å². The van der Waals surface area contributed by atoms with Gasteiger partial charge in [-0.15, -0.1) is 0 Å². The summed E-state index contributed by atoms with van der Waals surface area (Å²) in [5.74, 6) is 2.97. The molecule has 1 aromatic carbocycles. The lowest BCUT2D eigenvalue weighted by molar-refractivity contribution is 0.235. The number of ether oxygens (including phenoxy) is 2. The average molecular weight is 358 g/mol. The molecule has 1 aromatic heterocycles. The molecule has 1 aliphatic heterocycles. The molecule has 0 spiro atoms. The maximum atomic E-state index is 5.76. The Morgan fingerprint density at radius 1 is 1.15 bits per heavy atom. The van der Waals surface area contributed by atoms with E-state index < -0.39 is 0 Å². The largest absolute Gasteiger partial charge is 0.490 e. The smallest absolute Gasteiger partial charge is 0.161 e. The highest BCUT2D eigenvalue weighted by Crippen LogP contribution is 2.35. The minimum atomic E-state index is 0.327. The van der Waals surface area contributed by atoms with E-state index in [1.807, 2.05) is 19.9 Å². The molecule has 142 valence electrons. The molecular formula is C21H30N2O3. The van der Waals surface area contributed by atoms with Crippen LogP contribution in [0, 0.1) is 0 Å². The number of aromatic nitrogens is 1. The Bertz CT molecular complexity index is 711. The average Bonchev–Trinajstić information content (AvgIpc) is 3.26. The molecule has 0 saturated carbocycles. The lowest BCUT2D eigenvalue weighted by Gasteiger charge is -2.23. The number of hydrogen-bond acceptors (Lipinski definition) is 5. The van der Waals surface area contributed by atoms with Crippen LogP contribution in [-0.2, 0) is 6.54 Å². The number of nitrogens with zero attached hydrogens (tertiary/aromatic N) is 2. The molecule has 26 heavy (non-hydrogen) atoms. The van der Waals surface area contributed by atoms with Crippen molar-refractivity contribution in [3.05, 3.63) is 41.3 Å². The minimum Gasteiger partial charge on any atom is -0.490 e. The molecule has 2 aromatic rings. The van der Waals surface area contributed by atoms with E-state index in [1.165, 1.54) is 12.0 Å². The zero-order valence-corrected chi connectivity index (χ0v) is 16.3. The van der Waals surface area contributed by atoms with Gasteiger partial charge in [-0.05, 0) is 50.9 Å². The predicted molar refractivity (Wildman–Crippen MR) is 102 cm³/mol. The zero-order valence-electron chi connectivity index (χ0n) is 16.3. The second-order valence-electron chi connectivity index (χ2n) is 7.08. The van der Waals surface area contributed by atoms with E-state index in [9.17, 15) is 0 Å². The molecule has 0 bridgehead atoms. The van der Waals surface area contributed by atoms with Gasteiger partial charge < -0.3 is 14.0 Å². The van der Waals surface area contributed by atoms with E-state index in [1.54, 1.807) is 0 Å².